The van der Waals surface area contributed by atoms with Gasteiger partial charge in [-0.2, -0.15) is 0 Å². The highest BCUT2D eigenvalue weighted by molar-refractivity contribution is 5.78. The summed E-state index contributed by atoms with van der Waals surface area (Å²) in [5.41, 5.74) is 2.40. The van der Waals surface area contributed by atoms with E-state index in [-0.39, 0.29) is 11.8 Å². The third-order valence-electron chi connectivity index (χ3n) is 6.01. The van der Waals surface area contributed by atoms with Gasteiger partial charge < -0.3 is 4.90 Å². The second-order valence-corrected chi connectivity index (χ2v) is 8.14. The monoisotopic (exact) mass is 417 g/mol. The molecular formula is C27H35N3O. The summed E-state index contributed by atoms with van der Waals surface area (Å²) in [6, 6.07) is 20.8. The van der Waals surface area contributed by atoms with Crippen molar-refractivity contribution in [2.45, 2.75) is 12.3 Å². The zero-order chi connectivity index (χ0) is 21.9. The van der Waals surface area contributed by atoms with E-state index in [2.05, 4.69) is 71.5 Å². The number of rotatable bonds is 11. The Kier molecular flexibility index (Phi) is 9.07. The molecule has 1 fully saturated rings. The molecule has 2 aromatic rings. The number of carbonyl (C=O) groups is 1. The van der Waals surface area contributed by atoms with Crippen molar-refractivity contribution in [2.24, 2.45) is 0 Å². The van der Waals surface area contributed by atoms with Crippen molar-refractivity contribution in [1.29, 1.82) is 0 Å². The van der Waals surface area contributed by atoms with Gasteiger partial charge in [-0.3, -0.25) is 14.6 Å². The second-order valence-electron chi connectivity index (χ2n) is 8.14. The van der Waals surface area contributed by atoms with Gasteiger partial charge in [0.15, 0.2) is 0 Å². The lowest BCUT2D eigenvalue weighted by atomic mass is 9.88. The highest BCUT2D eigenvalue weighted by atomic mass is 16.2. The molecule has 3 rings (SSSR count). The van der Waals surface area contributed by atoms with Gasteiger partial charge >= 0.3 is 0 Å². The van der Waals surface area contributed by atoms with Gasteiger partial charge in [-0.15, -0.1) is 13.2 Å². The molecule has 31 heavy (non-hydrogen) atoms. The average molecular weight is 418 g/mol. The van der Waals surface area contributed by atoms with Gasteiger partial charge in [-0.25, -0.2) is 0 Å². The summed E-state index contributed by atoms with van der Waals surface area (Å²) in [4.78, 5) is 20.0. The van der Waals surface area contributed by atoms with Gasteiger partial charge in [0, 0.05) is 64.7 Å². The Labute approximate surface area is 187 Å². The third kappa shape index (κ3) is 6.91. The predicted molar refractivity (Wildman–Crippen MR) is 129 cm³/mol. The first kappa shape index (κ1) is 23.0. The molecule has 0 saturated carbocycles. The van der Waals surface area contributed by atoms with Crippen molar-refractivity contribution in [3.8, 4) is 0 Å². The number of piperazine rings is 1. The maximum Gasteiger partial charge on any atom is 0.223 e. The van der Waals surface area contributed by atoms with Crippen LogP contribution in [-0.2, 0) is 4.79 Å². The van der Waals surface area contributed by atoms with Crippen molar-refractivity contribution < 1.29 is 4.79 Å². The first-order valence-corrected chi connectivity index (χ1v) is 11.3. The SMILES string of the molecule is C=CCN(CC=C)CCN1CCN(C(=O)CC(c2ccccc2)c2ccccc2)CC1. The van der Waals surface area contributed by atoms with E-state index in [1.54, 1.807) is 0 Å². The van der Waals surface area contributed by atoms with Crippen LogP contribution in [-0.4, -0.2) is 73.0 Å². The summed E-state index contributed by atoms with van der Waals surface area (Å²) in [5.74, 6) is 0.344. The molecule has 1 saturated heterocycles. The summed E-state index contributed by atoms with van der Waals surface area (Å²) in [7, 11) is 0. The van der Waals surface area contributed by atoms with Crippen LogP contribution < -0.4 is 0 Å². The Morgan fingerprint density at radius 1 is 0.871 bits per heavy atom. The molecule has 1 amide bonds. The van der Waals surface area contributed by atoms with Crippen molar-refractivity contribution in [2.75, 3.05) is 52.4 Å². The molecule has 4 heteroatoms. The molecule has 0 aromatic heterocycles. The molecule has 1 aliphatic heterocycles. The third-order valence-corrected chi connectivity index (χ3v) is 6.01. The zero-order valence-corrected chi connectivity index (χ0v) is 18.5. The quantitative estimate of drug-likeness (QED) is 0.517. The zero-order valence-electron chi connectivity index (χ0n) is 18.5. The van der Waals surface area contributed by atoms with E-state index in [4.69, 9.17) is 0 Å². The van der Waals surface area contributed by atoms with E-state index in [9.17, 15) is 4.79 Å². The lowest BCUT2D eigenvalue weighted by molar-refractivity contribution is -0.133. The molecule has 0 N–H and O–H groups in total. The molecule has 0 atom stereocenters. The van der Waals surface area contributed by atoms with E-state index in [1.807, 2.05) is 29.2 Å². The van der Waals surface area contributed by atoms with Gasteiger partial charge in [0.05, 0.1) is 0 Å². The molecule has 2 aromatic carbocycles. The first-order chi connectivity index (χ1) is 15.2. The van der Waals surface area contributed by atoms with E-state index in [0.29, 0.717) is 6.42 Å². The molecule has 164 valence electrons. The van der Waals surface area contributed by atoms with Crippen LogP contribution in [0, 0.1) is 0 Å². The van der Waals surface area contributed by atoms with Gasteiger partial charge in [0.1, 0.15) is 0 Å². The van der Waals surface area contributed by atoms with Crippen LogP contribution in [0.25, 0.3) is 0 Å². The molecule has 1 heterocycles. The number of carbonyl (C=O) groups excluding carboxylic acids is 1. The predicted octanol–water partition coefficient (Wildman–Crippen LogP) is 4.03. The van der Waals surface area contributed by atoms with Crippen LogP contribution in [0.15, 0.2) is 86.0 Å². The van der Waals surface area contributed by atoms with Crippen LogP contribution >= 0.6 is 0 Å². The van der Waals surface area contributed by atoms with Crippen LogP contribution in [0.2, 0.25) is 0 Å². The molecule has 0 unspecified atom stereocenters. The van der Waals surface area contributed by atoms with E-state index >= 15 is 0 Å². The molecule has 0 spiro atoms. The van der Waals surface area contributed by atoms with Crippen molar-refractivity contribution in [1.82, 2.24) is 14.7 Å². The van der Waals surface area contributed by atoms with Crippen LogP contribution in [0.1, 0.15) is 23.5 Å². The molecule has 4 nitrogen and oxygen atoms in total. The molecular weight excluding hydrogens is 382 g/mol. The Bertz CT molecular complexity index is 763. The van der Waals surface area contributed by atoms with Gasteiger partial charge in [0.25, 0.3) is 0 Å². The first-order valence-electron chi connectivity index (χ1n) is 11.3. The Morgan fingerprint density at radius 3 is 1.87 bits per heavy atom. The molecule has 0 radical (unpaired) electrons. The van der Waals surface area contributed by atoms with Crippen molar-refractivity contribution in [3.63, 3.8) is 0 Å². The van der Waals surface area contributed by atoms with Gasteiger partial charge in [-0.05, 0) is 11.1 Å². The Hall–Kier alpha value is -2.69. The number of amides is 1. The van der Waals surface area contributed by atoms with E-state index in [1.165, 1.54) is 11.1 Å². The standard InChI is InChI=1S/C27H35N3O/c1-3-15-28(16-4-2)17-18-29-19-21-30(22-20-29)27(31)23-26(24-11-7-5-8-12-24)25-13-9-6-10-14-25/h3-14,26H,1-2,15-23H2. The summed E-state index contributed by atoms with van der Waals surface area (Å²) >= 11 is 0. The summed E-state index contributed by atoms with van der Waals surface area (Å²) in [5, 5.41) is 0. The minimum absolute atomic E-state index is 0.0966. The molecule has 1 aliphatic rings. The number of benzene rings is 2. The lowest BCUT2D eigenvalue weighted by Crippen LogP contribution is -2.50. The summed E-state index contributed by atoms with van der Waals surface area (Å²) in [6.07, 6.45) is 4.40. The van der Waals surface area contributed by atoms with Crippen molar-refractivity contribution in [3.05, 3.63) is 97.1 Å². The van der Waals surface area contributed by atoms with Gasteiger partial charge in [-0.1, -0.05) is 72.8 Å². The van der Waals surface area contributed by atoms with Crippen molar-refractivity contribution >= 4 is 5.91 Å². The van der Waals surface area contributed by atoms with E-state index in [0.717, 1.165) is 52.4 Å². The lowest BCUT2D eigenvalue weighted by Gasteiger charge is -2.36. The van der Waals surface area contributed by atoms with E-state index < -0.39 is 0 Å². The second kappa shape index (κ2) is 12.2. The number of nitrogens with zero attached hydrogens (tertiary/aromatic N) is 3. The maximum absolute atomic E-state index is 13.2. The highest BCUT2D eigenvalue weighted by Gasteiger charge is 2.25. The minimum Gasteiger partial charge on any atom is -0.340 e. The summed E-state index contributed by atoms with van der Waals surface area (Å²) in [6.45, 7) is 14.9. The Balaban J connectivity index is 1.54. The fraction of sp³-hybridized carbons (Fsp3) is 0.370. The normalized spacial score (nSPS) is 14.7. The minimum atomic E-state index is 0.0966. The smallest absolute Gasteiger partial charge is 0.223 e. The molecule has 0 bridgehead atoms. The van der Waals surface area contributed by atoms with Crippen LogP contribution in [0.4, 0.5) is 0 Å². The fourth-order valence-corrected chi connectivity index (χ4v) is 4.23. The van der Waals surface area contributed by atoms with Crippen LogP contribution in [0.5, 0.6) is 0 Å². The average Bonchev–Trinajstić information content (AvgIpc) is 2.82. The number of hydrogen-bond donors (Lipinski definition) is 0. The number of hydrogen-bond acceptors (Lipinski definition) is 3. The van der Waals surface area contributed by atoms with Gasteiger partial charge in [0.2, 0.25) is 5.91 Å². The highest BCUT2D eigenvalue weighted by Crippen LogP contribution is 2.28. The fourth-order valence-electron chi connectivity index (χ4n) is 4.23. The topological polar surface area (TPSA) is 26.8 Å². The summed E-state index contributed by atoms with van der Waals surface area (Å²) < 4.78 is 0. The molecule has 0 aliphatic carbocycles. The Morgan fingerprint density at radius 2 is 1.39 bits per heavy atom. The van der Waals surface area contributed by atoms with Crippen LogP contribution in [0.3, 0.4) is 0 Å². The maximum atomic E-state index is 13.2. The largest absolute Gasteiger partial charge is 0.340 e.